The number of aromatic nitrogens is 1. The predicted molar refractivity (Wildman–Crippen MR) is 44.0 cm³/mol. The Balaban J connectivity index is 0.000000810. The Morgan fingerprint density at radius 2 is 2.30 bits per heavy atom. The predicted octanol–water partition coefficient (Wildman–Crippen LogP) is 1.34. The first kappa shape index (κ1) is 9.49. The molecular formula is C5H7Cl2N3. The van der Waals surface area contributed by atoms with E-state index < -0.39 is 0 Å². The van der Waals surface area contributed by atoms with Crippen LogP contribution in [0.25, 0.3) is 0 Å². The molecule has 1 aromatic heterocycles. The molecule has 0 atom stereocenters. The van der Waals surface area contributed by atoms with Gasteiger partial charge in [0, 0.05) is 18.0 Å². The molecule has 0 aliphatic rings. The summed E-state index contributed by atoms with van der Waals surface area (Å²) in [6.45, 7) is 0. The molecule has 2 N–H and O–H groups in total. The van der Waals surface area contributed by atoms with Gasteiger partial charge in [0.1, 0.15) is 0 Å². The molecule has 0 saturated heterocycles. The fourth-order valence-corrected chi connectivity index (χ4v) is 0.580. The van der Waals surface area contributed by atoms with Crippen molar-refractivity contribution in [2.24, 2.45) is 5.84 Å². The van der Waals surface area contributed by atoms with Gasteiger partial charge in [-0.05, 0) is 12.1 Å². The molecule has 1 heterocycles. The number of hydrogen-bond donors (Lipinski definition) is 1. The van der Waals surface area contributed by atoms with Crippen LogP contribution < -0.4 is 10.4 Å². The van der Waals surface area contributed by atoms with Gasteiger partial charge in [-0.1, -0.05) is 0 Å². The van der Waals surface area contributed by atoms with Crippen LogP contribution in [0.5, 0.6) is 0 Å². The summed E-state index contributed by atoms with van der Waals surface area (Å²) in [6.07, 6.45) is 3.23. The molecule has 0 radical (unpaired) electrons. The number of halogens is 2. The fourth-order valence-electron chi connectivity index (χ4n) is 0.480. The fraction of sp³-hybridized carbons (Fsp3) is 0. The van der Waals surface area contributed by atoms with Gasteiger partial charge in [0.25, 0.3) is 0 Å². The van der Waals surface area contributed by atoms with Crippen molar-refractivity contribution in [2.45, 2.75) is 0 Å². The average molecular weight is 180 g/mol. The molecular weight excluding hydrogens is 173 g/mol. The maximum Gasteiger partial charge on any atom is 0.0886 e. The first-order valence-electron chi connectivity index (χ1n) is 2.41. The van der Waals surface area contributed by atoms with Crippen molar-refractivity contribution in [3.63, 3.8) is 0 Å². The zero-order valence-corrected chi connectivity index (χ0v) is 6.64. The second kappa shape index (κ2) is 4.33. The van der Waals surface area contributed by atoms with Crippen LogP contribution in [0.15, 0.2) is 24.5 Å². The van der Waals surface area contributed by atoms with Crippen molar-refractivity contribution in [2.75, 3.05) is 4.53 Å². The SMILES string of the molecule is Cl.NN(Cl)c1cccnc1. The molecule has 0 aromatic carbocycles. The van der Waals surface area contributed by atoms with Crippen molar-refractivity contribution in [3.05, 3.63) is 24.5 Å². The summed E-state index contributed by atoms with van der Waals surface area (Å²) < 4.78 is 0.993. The van der Waals surface area contributed by atoms with E-state index in [-0.39, 0.29) is 12.4 Å². The van der Waals surface area contributed by atoms with Crippen LogP contribution in [0.2, 0.25) is 0 Å². The number of anilines is 1. The Morgan fingerprint density at radius 3 is 2.60 bits per heavy atom. The molecule has 1 aromatic rings. The molecule has 3 nitrogen and oxygen atoms in total. The molecule has 1 rings (SSSR count). The maximum absolute atomic E-state index is 5.37. The van der Waals surface area contributed by atoms with Gasteiger partial charge in [0.2, 0.25) is 0 Å². The summed E-state index contributed by atoms with van der Waals surface area (Å²) in [5, 5.41) is 0. The number of nitrogens with zero attached hydrogens (tertiary/aromatic N) is 2. The molecule has 56 valence electrons. The van der Waals surface area contributed by atoms with Gasteiger partial charge in [-0.25, -0.2) is 10.4 Å². The van der Waals surface area contributed by atoms with Crippen LogP contribution in [0.4, 0.5) is 5.69 Å². The third-order valence-electron chi connectivity index (χ3n) is 0.893. The molecule has 0 spiro atoms. The molecule has 5 heteroatoms. The number of pyridine rings is 1. The van der Waals surface area contributed by atoms with Gasteiger partial charge in [0.15, 0.2) is 0 Å². The van der Waals surface area contributed by atoms with Crippen LogP contribution in [-0.2, 0) is 0 Å². The number of hydrogen-bond acceptors (Lipinski definition) is 3. The topological polar surface area (TPSA) is 42.1 Å². The molecule has 0 fully saturated rings. The number of rotatable bonds is 1. The largest absolute Gasteiger partial charge is 0.262 e. The first-order chi connectivity index (χ1) is 4.30. The van der Waals surface area contributed by atoms with E-state index in [0.29, 0.717) is 5.69 Å². The third kappa shape index (κ3) is 2.39. The molecule has 0 bridgehead atoms. The van der Waals surface area contributed by atoms with E-state index in [1.54, 1.807) is 24.5 Å². The second-order valence-corrected chi connectivity index (χ2v) is 1.89. The maximum atomic E-state index is 5.37. The minimum absolute atomic E-state index is 0. The highest BCUT2D eigenvalue weighted by atomic mass is 35.5. The average Bonchev–Trinajstić information content (AvgIpc) is 1.90. The Morgan fingerprint density at radius 1 is 1.60 bits per heavy atom. The van der Waals surface area contributed by atoms with Crippen molar-refractivity contribution in [3.8, 4) is 0 Å². The Labute approximate surface area is 70.3 Å². The number of nitrogens with two attached hydrogens (primary N) is 1. The highest BCUT2D eigenvalue weighted by Crippen LogP contribution is 2.07. The molecule has 0 aliphatic heterocycles. The standard InChI is InChI=1S/C5H6ClN3.ClH/c6-9(7)5-2-1-3-8-4-5;/h1-4H,7H2;1H. The van der Waals surface area contributed by atoms with Crippen molar-refractivity contribution in [1.82, 2.24) is 4.98 Å². The number of hydrazine groups is 1. The summed E-state index contributed by atoms with van der Waals surface area (Å²) in [5.41, 5.74) is 0.680. The molecule has 0 unspecified atom stereocenters. The summed E-state index contributed by atoms with van der Waals surface area (Å²) in [4.78, 5) is 3.80. The van der Waals surface area contributed by atoms with E-state index in [1.165, 1.54) is 0 Å². The lowest BCUT2D eigenvalue weighted by atomic mass is 10.4. The Hall–Kier alpha value is -0.510. The highest BCUT2D eigenvalue weighted by molar-refractivity contribution is 6.24. The quantitative estimate of drug-likeness (QED) is 0.402. The summed E-state index contributed by atoms with van der Waals surface area (Å²) in [5.74, 6) is 5.17. The van der Waals surface area contributed by atoms with Crippen LogP contribution in [0.3, 0.4) is 0 Å². The molecule has 0 saturated carbocycles. The Kier molecular flexibility index (Phi) is 4.11. The van der Waals surface area contributed by atoms with Crippen molar-refractivity contribution < 1.29 is 0 Å². The van der Waals surface area contributed by atoms with Crippen molar-refractivity contribution >= 4 is 29.9 Å². The van der Waals surface area contributed by atoms with E-state index in [0.717, 1.165) is 4.53 Å². The molecule has 0 amide bonds. The Bertz CT molecular complexity index is 178. The van der Waals surface area contributed by atoms with Gasteiger partial charge in [0.05, 0.1) is 11.9 Å². The van der Waals surface area contributed by atoms with E-state index in [1.807, 2.05) is 0 Å². The van der Waals surface area contributed by atoms with Gasteiger partial charge in [-0.3, -0.25) is 4.98 Å². The van der Waals surface area contributed by atoms with E-state index >= 15 is 0 Å². The van der Waals surface area contributed by atoms with Crippen LogP contribution in [-0.4, -0.2) is 4.98 Å². The minimum Gasteiger partial charge on any atom is -0.262 e. The molecule has 10 heavy (non-hydrogen) atoms. The second-order valence-electron chi connectivity index (χ2n) is 1.52. The van der Waals surface area contributed by atoms with Gasteiger partial charge < -0.3 is 0 Å². The minimum atomic E-state index is 0. The zero-order valence-electron chi connectivity index (χ0n) is 5.07. The van der Waals surface area contributed by atoms with Crippen molar-refractivity contribution in [1.29, 1.82) is 0 Å². The first-order valence-corrected chi connectivity index (χ1v) is 2.75. The summed E-state index contributed by atoms with van der Waals surface area (Å²) >= 11 is 5.37. The van der Waals surface area contributed by atoms with Crippen LogP contribution >= 0.6 is 24.2 Å². The normalized spacial score (nSPS) is 8.20. The van der Waals surface area contributed by atoms with E-state index in [9.17, 15) is 0 Å². The lowest BCUT2D eigenvalue weighted by Crippen LogP contribution is -2.18. The summed E-state index contributed by atoms with van der Waals surface area (Å²) in [7, 11) is 0. The van der Waals surface area contributed by atoms with E-state index in [4.69, 9.17) is 17.6 Å². The van der Waals surface area contributed by atoms with Gasteiger partial charge >= 0.3 is 0 Å². The summed E-state index contributed by atoms with van der Waals surface area (Å²) in [6, 6.07) is 3.53. The molecule has 0 aliphatic carbocycles. The van der Waals surface area contributed by atoms with Crippen LogP contribution in [0.1, 0.15) is 0 Å². The third-order valence-corrected chi connectivity index (χ3v) is 1.09. The smallest absolute Gasteiger partial charge is 0.0886 e. The zero-order chi connectivity index (χ0) is 6.69. The van der Waals surface area contributed by atoms with Gasteiger partial charge in [-0.15, -0.1) is 12.4 Å². The lowest BCUT2D eigenvalue weighted by molar-refractivity contribution is 1.16. The van der Waals surface area contributed by atoms with Crippen LogP contribution in [0, 0.1) is 0 Å². The monoisotopic (exact) mass is 179 g/mol. The highest BCUT2D eigenvalue weighted by Gasteiger charge is 1.92. The van der Waals surface area contributed by atoms with Gasteiger partial charge in [-0.2, -0.15) is 0 Å². The van der Waals surface area contributed by atoms with E-state index in [2.05, 4.69) is 4.98 Å². The lowest BCUT2D eigenvalue weighted by Gasteiger charge is -2.05.